The molecule has 0 saturated carbocycles. The molecule has 5 nitrogen and oxygen atoms in total. The van der Waals surface area contributed by atoms with Crippen LogP contribution in [0.15, 0.2) is 24.3 Å². The smallest absolute Gasteiger partial charge is 0.416 e. The van der Waals surface area contributed by atoms with Crippen LogP contribution in [0.2, 0.25) is 0 Å². The Morgan fingerprint density at radius 2 is 1.57 bits per heavy atom. The van der Waals surface area contributed by atoms with Crippen molar-refractivity contribution in [1.82, 2.24) is 0 Å². The van der Waals surface area contributed by atoms with E-state index in [1.165, 1.54) is 6.92 Å². The highest BCUT2D eigenvalue weighted by molar-refractivity contribution is 6.02. The zero-order valence-corrected chi connectivity index (χ0v) is 11.0. The van der Waals surface area contributed by atoms with Crippen molar-refractivity contribution in [2.24, 2.45) is 0 Å². The minimum Gasteiger partial charge on any atom is -0.479 e. The van der Waals surface area contributed by atoms with E-state index in [0.717, 1.165) is 24.3 Å². The van der Waals surface area contributed by atoms with Gasteiger partial charge in [0.05, 0.1) is 5.56 Å². The highest BCUT2D eigenvalue weighted by Crippen LogP contribution is 2.30. The molecule has 1 aromatic rings. The number of hydrogen-bond acceptors (Lipinski definition) is 3. The highest BCUT2D eigenvalue weighted by atomic mass is 19.4. The van der Waals surface area contributed by atoms with E-state index in [0.29, 0.717) is 0 Å². The number of hydrogen-bond donors (Lipinski definition) is 2. The molecular weight excluding hydrogens is 293 g/mol. The fraction of sp³-hybridized carbons (Fsp3) is 0.385. The number of carbonyl (C=O) groups is 2. The molecule has 0 amide bonds. The van der Waals surface area contributed by atoms with Crippen molar-refractivity contribution in [3.63, 3.8) is 0 Å². The normalized spacial score (nSPS) is 12.2. The number of halogens is 3. The minimum absolute atomic E-state index is 0.112. The van der Waals surface area contributed by atoms with E-state index < -0.39 is 35.7 Å². The van der Waals surface area contributed by atoms with Gasteiger partial charge >= 0.3 is 18.1 Å². The molecule has 0 fully saturated rings. The molecule has 8 heteroatoms. The van der Waals surface area contributed by atoms with Crippen LogP contribution in [-0.2, 0) is 26.9 Å². The lowest BCUT2D eigenvalue weighted by Gasteiger charge is -2.24. The Kier molecular flexibility index (Phi) is 4.95. The fourth-order valence-electron chi connectivity index (χ4n) is 1.76. The minimum atomic E-state index is -4.52. The molecule has 0 saturated heterocycles. The number of carboxylic acid groups (broad SMARTS) is 2. The molecule has 0 radical (unpaired) electrons. The first-order valence-corrected chi connectivity index (χ1v) is 5.90. The molecule has 0 bridgehead atoms. The fourth-order valence-corrected chi connectivity index (χ4v) is 1.76. The van der Waals surface area contributed by atoms with Crippen LogP contribution in [0.1, 0.15) is 18.1 Å². The van der Waals surface area contributed by atoms with Crippen molar-refractivity contribution < 1.29 is 37.7 Å². The molecule has 0 atom stereocenters. The zero-order chi connectivity index (χ0) is 16.3. The third-order valence-electron chi connectivity index (χ3n) is 2.82. The lowest BCUT2D eigenvalue weighted by molar-refractivity contribution is -0.183. The quantitative estimate of drug-likeness (QED) is 0.787. The molecule has 0 aliphatic carbocycles. The van der Waals surface area contributed by atoms with Gasteiger partial charge in [0.15, 0.2) is 0 Å². The first-order valence-electron chi connectivity index (χ1n) is 5.90. The van der Waals surface area contributed by atoms with Gasteiger partial charge in [0, 0.05) is 13.0 Å². The van der Waals surface area contributed by atoms with Gasteiger partial charge in [0.25, 0.3) is 5.60 Å². The Balaban J connectivity index is 3.10. The summed E-state index contributed by atoms with van der Waals surface area (Å²) in [6, 6.07) is 3.58. The van der Waals surface area contributed by atoms with Gasteiger partial charge in [-0.2, -0.15) is 13.2 Å². The second-order valence-electron chi connectivity index (χ2n) is 4.24. The van der Waals surface area contributed by atoms with Crippen LogP contribution in [-0.4, -0.2) is 34.4 Å². The van der Waals surface area contributed by atoms with Crippen molar-refractivity contribution >= 4 is 11.9 Å². The summed E-state index contributed by atoms with van der Waals surface area (Å²) in [5.41, 5.74) is -3.31. The number of aliphatic carboxylic acids is 2. The van der Waals surface area contributed by atoms with E-state index in [1.54, 1.807) is 0 Å². The predicted octanol–water partition coefficient (Wildman–Crippen LogP) is 2.19. The van der Waals surface area contributed by atoms with Crippen molar-refractivity contribution in [2.45, 2.75) is 25.1 Å². The zero-order valence-electron chi connectivity index (χ0n) is 11.0. The van der Waals surface area contributed by atoms with E-state index in [-0.39, 0.29) is 12.2 Å². The number of benzene rings is 1. The number of rotatable bonds is 6. The molecule has 1 aromatic carbocycles. The Morgan fingerprint density at radius 1 is 1.10 bits per heavy atom. The van der Waals surface area contributed by atoms with E-state index in [1.807, 2.05) is 0 Å². The summed E-state index contributed by atoms with van der Waals surface area (Å²) in [6.45, 7) is 1.26. The summed E-state index contributed by atoms with van der Waals surface area (Å²) in [5.74, 6) is -3.42. The first kappa shape index (κ1) is 17.0. The van der Waals surface area contributed by atoms with Gasteiger partial charge < -0.3 is 14.9 Å². The van der Waals surface area contributed by atoms with Crippen LogP contribution < -0.4 is 0 Å². The Labute approximate surface area is 118 Å². The number of ether oxygens (including phenoxy) is 1. The monoisotopic (exact) mass is 306 g/mol. The van der Waals surface area contributed by atoms with E-state index >= 15 is 0 Å². The second kappa shape index (κ2) is 6.13. The average Bonchev–Trinajstić information content (AvgIpc) is 2.37. The summed E-state index contributed by atoms with van der Waals surface area (Å²) in [4.78, 5) is 22.4. The van der Waals surface area contributed by atoms with Gasteiger partial charge in [0.2, 0.25) is 0 Å². The van der Waals surface area contributed by atoms with Gasteiger partial charge in [-0.1, -0.05) is 12.1 Å². The topological polar surface area (TPSA) is 83.8 Å². The largest absolute Gasteiger partial charge is 0.479 e. The van der Waals surface area contributed by atoms with E-state index in [9.17, 15) is 22.8 Å². The Morgan fingerprint density at radius 3 is 1.90 bits per heavy atom. The summed E-state index contributed by atoms with van der Waals surface area (Å²) >= 11 is 0. The molecule has 0 aromatic heterocycles. The van der Waals surface area contributed by atoms with Crippen LogP contribution in [0.25, 0.3) is 0 Å². The van der Waals surface area contributed by atoms with Crippen LogP contribution >= 0.6 is 0 Å². The number of alkyl halides is 3. The standard InChI is InChI=1S/C13H13F3O5/c1-2-21-12(10(17)18,11(19)20)7-8-3-5-9(6-4-8)13(14,15)16/h3-6H,2,7H2,1H3,(H,17,18)(H,19,20). The summed E-state index contributed by atoms with van der Waals surface area (Å²) in [6.07, 6.45) is -5.10. The molecule has 1 rings (SSSR count). The lowest BCUT2D eigenvalue weighted by Crippen LogP contribution is -2.51. The molecular formula is C13H13F3O5. The van der Waals surface area contributed by atoms with Gasteiger partial charge in [-0.3, -0.25) is 0 Å². The van der Waals surface area contributed by atoms with Gasteiger partial charge in [-0.05, 0) is 24.6 Å². The molecule has 0 spiro atoms. The van der Waals surface area contributed by atoms with Gasteiger partial charge in [0.1, 0.15) is 0 Å². The maximum absolute atomic E-state index is 12.4. The van der Waals surface area contributed by atoms with Gasteiger partial charge in [-0.25, -0.2) is 9.59 Å². The van der Waals surface area contributed by atoms with Gasteiger partial charge in [-0.15, -0.1) is 0 Å². The summed E-state index contributed by atoms with van der Waals surface area (Å²) in [7, 11) is 0. The van der Waals surface area contributed by atoms with Crippen molar-refractivity contribution in [3.8, 4) is 0 Å². The van der Waals surface area contributed by atoms with E-state index in [4.69, 9.17) is 14.9 Å². The van der Waals surface area contributed by atoms with Crippen LogP contribution in [0.5, 0.6) is 0 Å². The Hall–Kier alpha value is -2.09. The van der Waals surface area contributed by atoms with Crippen LogP contribution in [0.4, 0.5) is 13.2 Å². The third kappa shape index (κ3) is 3.72. The SMILES string of the molecule is CCOC(Cc1ccc(C(F)(F)F)cc1)(C(=O)O)C(=O)O. The summed E-state index contributed by atoms with van der Waals surface area (Å²) < 4.78 is 42.1. The predicted molar refractivity (Wildman–Crippen MR) is 64.8 cm³/mol. The maximum atomic E-state index is 12.4. The molecule has 0 aliphatic rings. The van der Waals surface area contributed by atoms with Crippen molar-refractivity contribution in [1.29, 1.82) is 0 Å². The maximum Gasteiger partial charge on any atom is 0.416 e. The molecule has 116 valence electrons. The average molecular weight is 306 g/mol. The van der Waals surface area contributed by atoms with Crippen LogP contribution in [0.3, 0.4) is 0 Å². The molecule has 2 N–H and O–H groups in total. The van der Waals surface area contributed by atoms with Crippen molar-refractivity contribution in [3.05, 3.63) is 35.4 Å². The molecule has 0 aliphatic heterocycles. The summed E-state index contributed by atoms with van der Waals surface area (Å²) in [5, 5.41) is 18.2. The Bertz CT molecular complexity index is 508. The van der Waals surface area contributed by atoms with Crippen molar-refractivity contribution in [2.75, 3.05) is 6.61 Å². The molecule has 0 heterocycles. The lowest BCUT2D eigenvalue weighted by atomic mass is 9.93. The third-order valence-corrected chi connectivity index (χ3v) is 2.82. The molecule has 0 unspecified atom stereocenters. The first-order chi connectivity index (χ1) is 9.63. The molecule has 21 heavy (non-hydrogen) atoms. The van der Waals surface area contributed by atoms with E-state index in [2.05, 4.69) is 0 Å². The highest BCUT2D eigenvalue weighted by Gasteiger charge is 2.48. The second-order valence-corrected chi connectivity index (χ2v) is 4.24. The van der Waals surface area contributed by atoms with Crippen LogP contribution in [0, 0.1) is 0 Å². The number of carboxylic acids is 2.